The molecule has 4 unspecified atom stereocenters. The van der Waals surface area contributed by atoms with E-state index >= 15 is 0 Å². The third-order valence-electron chi connectivity index (χ3n) is 5.22. The summed E-state index contributed by atoms with van der Waals surface area (Å²) in [4.78, 5) is 82.7. The van der Waals surface area contributed by atoms with E-state index in [1.165, 1.54) is 12.5 Å². The van der Waals surface area contributed by atoms with Crippen LogP contribution in [0.1, 0.15) is 37.8 Å². The van der Waals surface area contributed by atoms with Crippen molar-refractivity contribution in [3.63, 3.8) is 0 Å². The lowest BCUT2D eigenvalue weighted by Gasteiger charge is -2.24. The number of amides is 4. The second-order valence-corrected chi connectivity index (χ2v) is 8.46. The number of nitrogens with one attached hydrogen (secondary N) is 4. The number of aromatic amines is 1. The van der Waals surface area contributed by atoms with Gasteiger partial charge < -0.3 is 54.1 Å². The Balaban J connectivity index is 2.95. The van der Waals surface area contributed by atoms with E-state index in [9.17, 15) is 39.0 Å². The molecule has 0 aliphatic heterocycles. The van der Waals surface area contributed by atoms with Crippen LogP contribution >= 0.6 is 0 Å². The molecule has 14 N–H and O–H groups in total. The van der Waals surface area contributed by atoms with Gasteiger partial charge in [0.25, 0.3) is 0 Å². The molecule has 0 spiro atoms. The van der Waals surface area contributed by atoms with Crippen molar-refractivity contribution in [2.75, 3.05) is 6.54 Å². The first kappa shape index (κ1) is 32.3. The molecule has 1 aromatic heterocycles. The Morgan fingerprint density at radius 2 is 1.54 bits per heavy atom. The molecule has 0 saturated carbocycles. The molecule has 216 valence electrons. The Morgan fingerprint density at radius 3 is 2.08 bits per heavy atom. The Labute approximate surface area is 222 Å². The number of H-pyrrole nitrogens is 1. The van der Waals surface area contributed by atoms with Crippen LogP contribution in [0, 0.1) is 0 Å². The largest absolute Gasteiger partial charge is 0.481 e. The van der Waals surface area contributed by atoms with Crippen LogP contribution in [0.15, 0.2) is 17.5 Å². The molecule has 4 amide bonds. The number of imidazole rings is 1. The molecule has 0 aromatic carbocycles. The van der Waals surface area contributed by atoms with Gasteiger partial charge in [0.2, 0.25) is 23.6 Å². The van der Waals surface area contributed by atoms with Crippen LogP contribution in [-0.2, 0) is 35.2 Å². The zero-order valence-electron chi connectivity index (χ0n) is 21.0. The summed E-state index contributed by atoms with van der Waals surface area (Å²) in [5.41, 5.74) is 21.8. The lowest BCUT2D eigenvalue weighted by Crippen LogP contribution is -2.57. The number of hydrogen-bond acceptors (Lipinski definition) is 9. The standard InChI is InChI=1S/C21H34N10O8/c22-11(2-1-5-27-21(24)25)17(35)29-12(3-4-15(23)32)18(36)30-13(7-16(33)34)19(37)31-14(20(38)39)6-10-8-26-9-28-10/h8-9,11-14H,1-7,22H2,(H2,23,32)(H,26,28)(H,29,35)(H,30,36)(H,31,37)(H,33,34)(H,38,39)(H4,24,25,27). The zero-order chi connectivity index (χ0) is 29.5. The highest BCUT2D eigenvalue weighted by Crippen LogP contribution is 2.05. The predicted octanol–water partition coefficient (Wildman–Crippen LogP) is -4.39. The van der Waals surface area contributed by atoms with Gasteiger partial charge in [-0.05, 0) is 19.3 Å². The van der Waals surface area contributed by atoms with Gasteiger partial charge in [-0.1, -0.05) is 0 Å². The van der Waals surface area contributed by atoms with Gasteiger partial charge in [0, 0.05) is 31.3 Å². The van der Waals surface area contributed by atoms with Crippen molar-refractivity contribution in [3.8, 4) is 0 Å². The van der Waals surface area contributed by atoms with Crippen molar-refractivity contribution in [2.24, 2.45) is 27.9 Å². The smallest absolute Gasteiger partial charge is 0.326 e. The summed E-state index contributed by atoms with van der Waals surface area (Å²) in [5.74, 6) is -6.70. The van der Waals surface area contributed by atoms with Crippen LogP contribution < -0.4 is 38.9 Å². The summed E-state index contributed by atoms with van der Waals surface area (Å²) in [6.07, 6.45) is 1.41. The lowest BCUT2D eigenvalue weighted by molar-refractivity contribution is -0.143. The van der Waals surface area contributed by atoms with Crippen LogP contribution in [-0.4, -0.2) is 92.4 Å². The van der Waals surface area contributed by atoms with Crippen molar-refractivity contribution in [1.29, 1.82) is 0 Å². The second-order valence-electron chi connectivity index (χ2n) is 8.46. The molecular weight excluding hydrogens is 520 g/mol. The van der Waals surface area contributed by atoms with E-state index in [0.717, 1.165) is 0 Å². The molecule has 0 aliphatic carbocycles. The normalized spacial score (nSPS) is 13.7. The average molecular weight is 555 g/mol. The van der Waals surface area contributed by atoms with Gasteiger partial charge in [-0.3, -0.25) is 29.0 Å². The minimum atomic E-state index is -1.72. The minimum Gasteiger partial charge on any atom is -0.481 e. The molecular formula is C21H34N10O8. The van der Waals surface area contributed by atoms with Gasteiger partial charge >= 0.3 is 11.9 Å². The van der Waals surface area contributed by atoms with Crippen molar-refractivity contribution in [1.82, 2.24) is 25.9 Å². The molecule has 0 bridgehead atoms. The van der Waals surface area contributed by atoms with Gasteiger partial charge in [-0.2, -0.15) is 0 Å². The number of nitrogens with two attached hydrogens (primary N) is 4. The first-order chi connectivity index (χ1) is 18.3. The number of aromatic nitrogens is 2. The molecule has 0 saturated heterocycles. The molecule has 1 rings (SSSR count). The average Bonchev–Trinajstić information content (AvgIpc) is 3.35. The van der Waals surface area contributed by atoms with Crippen molar-refractivity contribution < 1.29 is 39.0 Å². The number of hydrogen-bond donors (Lipinski definition) is 10. The molecule has 39 heavy (non-hydrogen) atoms. The molecule has 1 heterocycles. The fraction of sp³-hybridized carbons (Fsp3) is 0.524. The highest BCUT2D eigenvalue weighted by molar-refractivity contribution is 5.95. The topological polar surface area (TPSA) is 324 Å². The summed E-state index contributed by atoms with van der Waals surface area (Å²) >= 11 is 0. The number of carboxylic acids is 2. The van der Waals surface area contributed by atoms with E-state index in [0.29, 0.717) is 12.1 Å². The number of nitrogens with zero attached hydrogens (tertiary/aromatic N) is 2. The number of carbonyl (C=O) groups excluding carboxylic acids is 4. The number of carbonyl (C=O) groups is 6. The monoisotopic (exact) mass is 554 g/mol. The highest BCUT2D eigenvalue weighted by Gasteiger charge is 2.32. The Hall–Kier alpha value is -4.74. The summed E-state index contributed by atoms with van der Waals surface area (Å²) in [7, 11) is 0. The Bertz CT molecular complexity index is 1040. The van der Waals surface area contributed by atoms with Crippen LogP contribution in [0.5, 0.6) is 0 Å². The van der Waals surface area contributed by atoms with E-state index < -0.39 is 66.2 Å². The second kappa shape index (κ2) is 16.2. The molecule has 0 fully saturated rings. The fourth-order valence-corrected chi connectivity index (χ4v) is 3.23. The van der Waals surface area contributed by atoms with Crippen molar-refractivity contribution in [3.05, 3.63) is 18.2 Å². The van der Waals surface area contributed by atoms with Crippen LogP contribution in [0.3, 0.4) is 0 Å². The van der Waals surface area contributed by atoms with E-state index in [1.54, 1.807) is 0 Å². The SMILES string of the molecule is NC(=O)CCC(NC(=O)C(N)CCCN=C(N)N)C(=O)NC(CC(=O)O)C(=O)NC(Cc1cnc[nH]1)C(=O)O. The third-order valence-corrected chi connectivity index (χ3v) is 5.22. The van der Waals surface area contributed by atoms with Gasteiger partial charge in [0.05, 0.1) is 18.8 Å². The molecule has 4 atom stereocenters. The molecule has 18 heteroatoms. The Morgan fingerprint density at radius 1 is 0.923 bits per heavy atom. The first-order valence-electron chi connectivity index (χ1n) is 11.7. The van der Waals surface area contributed by atoms with Crippen molar-refractivity contribution >= 4 is 41.5 Å². The van der Waals surface area contributed by atoms with Gasteiger partial charge in [0.15, 0.2) is 5.96 Å². The number of aliphatic carboxylic acids is 2. The predicted molar refractivity (Wildman–Crippen MR) is 134 cm³/mol. The quantitative estimate of drug-likeness (QED) is 0.0467. The van der Waals surface area contributed by atoms with E-state index in [-0.39, 0.29) is 38.2 Å². The van der Waals surface area contributed by atoms with E-state index in [1.807, 2.05) is 0 Å². The number of primary amides is 1. The minimum absolute atomic E-state index is 0.132. The van der Waals surface area contributed by atoms with Crippen LogP contribution in [0.25, 0.3) is 0 Å². The highest BCUT2D eigenvalue weighted by atomic mass is 16.4. The Kier molecular flexibility index (Phi) is 13.4. The number of guanidine groups is 1. The summed E-state index contributed by atoms with van der Waals surface area (Å²) in [6.45, 7) is 0.207. The number of carboxylic acid groups (broad SMARTS) is 2. The summed E-state index contributed by atoms with van der Waals surface area (Å²) in [6, 6.07) is -5.70. The fourth-order valence-electron chi connectivity index (χ4n) is 3.23. The summed E-state index contributed by atoms with van der Waals surface area (Å²) in [5, 5.41) is 25.4. The summed E-state index contributed by atoms with van der Waals surface area (Å²) < 4.78 is 0. The zero-order valence-corrected chi connectivity index (χ0v) is 21.0. The molecule has 1 aromatic rings. The van der Waals surface area contributed by atoms with E-state index in [4.69, 9.17) is 22.9 Å². The molecule has 0 radical (unpaired) electrons. The lowest BCUT2D eigenvalue weighted by atomic mass is 10.1. The maximum absolute atomic E-state index is 13.0. The third kappa shape index (κ3) is 12.9. The number of aliphatic imine (C=N–C) groups is 1. The van der Waals surface area contributed by atoms with Crippen LogP contribution in [0.2, 0.25) is 0 Å². The van der Waals surface area contributed by atoms with Crippen LogP contribution in [0.4, 0.5) is 0 Å². The van der Waals surface area contributed by atoms with Gasteiger partial charge in [-0.15, -0.1) is 0 Å². The maximum Gasteiger partial charge on any atom is 0.326 e. The van der Waals surface area contributed by atoms with E-state index in [2.05, 4.69) is 30.9 Å². The van der Waals surface area contributed by atoms with Gasteiger partial charge in [-0.25, -0.2) is 9.78 Å². The molecule has 0 aliphatic rings. The first-order valence-corrected chi connectivity index (χ1v) is 11.7. The van der Waals surface area contributed by atoms with Crippen molar-refractivity contribution in [2.45, 2.75) is 62.7 Å². The van der Waals surface area contributed by atoms with Gasteiger partial charge in [0.1, 0.15) is 18.1 Å². The maximum atomic E-state index is 13.0. The molecule has 18 nitrogen and oxygen atoms in total. The number of rotatable bonds is 18.